The first-order valence-corrected chi connectivity index (χ1v) is 6.93. The molecule has 0 radical (unpaired) electrons. The lowest BCUT2D eigenvalue weighted by atomic mass is 9.91. The van der Waals surface area contributed by atoms with E-state index in [4.69, 9.17) is 0 Å². The molecule has 1 aliphatic rings. The Morgan fingerprint density at radius 2 is 1.95 bits per heavy atom. The number of hydrogen-bond donors (Lipinski definition) is 0. The number of carbonyl (C=O) groups excluding carboxylic acids is 1. The number of nitrogens with zero attached hydrogens (tertiary/aromatic N) is 1. The smallest absolute Gasteiger partial charge is 0.180 e. The molecular formula is C17H19NO. The lowest BCUT2D eigenvalue weighted by Gasteiger charge is -2.12. The van der Waals surface area contributed by atoms with E-state index in [0.29, 0.717) is 24.0 Å². The van der Waals surface area contributed by atoms with Gasteiger partial charge in [-0.1, -0.05) is 44.2 Å². The predicted molar refractivity (Wildman–Crippen MR) is 76.5 cm³/mol. The Kier molecular flexibility index (Phi) is 3.02. The average molecular weight is 253 g/mol. The SMILES string of the molecule is CC(C)[C@H]1CC(=O)c2c1ccn2Cc1ccccc1. The van der Waals surface area contributed by atoms with Gasteiger partial charge in [-0.15, -0.1) is 0 Å². The third-order valence-electron chi connectivity index (χ3n) is 4.06. The number of rotatable bonds is 3. The number of fused-ring (bicyclic) bond motifs is 1. The summed E-state index contributed by atoms with van der Waals surface area (Å²) in [5.41, 5.74) is 3.42. The Morgan fingerprint density at radius 1 is 1.21 bits per heavy atom. The molecule has 0 bridgehead atoms. The number of benzene rings is 1. The minimum Gasteiger partial charge on any atom is -0.340 e. The van der Waals surface area contributed by atoms with Crippen molar-refractivity contribution in [2.75, 3.05) is 0 Å². The molecule has 0 spiro atoms. The van der Waals surface area contributed by atoms with E-state index in [1.807, 2.05) is 18.2 Å². The van der Waals surface area contributed by atoms with Gasteiger partial charge in [0.1, 0.15) is 0 Å². The first kappa shape index (κ1) is 12.2. The monoisotopic (exact) mass is 253 g/mol. The van der Waals surface area contributed by atoms with E-state index in [9.17, 15) is 4.79 Å². The number of carbonyl (C=O) groups is 1. The fraction of sp³-hybridized carbons (Fsp3) is 0.353. The van der Waals surface area contributed by atoms with Crippen molar-refractivity contribution in [3.8, 4) is 0 Å². The Bertz CT molecular complexity index is 595. The van der Waals surface area contributed by atoms with Crippen LogP contribution in [-0.2, 0) is 6.54 Å². The molecule has 0 saturated carbocycles. The van der Waals surface area contributed by atoms with Crippen LogP contribution in [0.4, 0.5) is 0 Å². The maximum Gasteiger partial charge on any atom is 0.180 e. The minimum absolute atomic E-state index is 0.301. The molecule has 19 heavy (non-hydrogen) atoms. The quantitative estimate of drug-likeness (QED) is 0.814. The Balaban J connectivity index is 1.94. The van der Waals surface area contributed by atoms with Crippen LogP contribution in [0.15, 0.2) is 42.6 Å². The van der Waals surface area contributed by atoms with Gasteiger partial charge in [-0.2, -0.15) is 0 Å². The summed E-state index contributed by atoms with van der Waals surface area (Å²) in [6.07, 6.45) is 2.74. The van der Waals surface area contributed by atoms with Crippen LogP contribution >= 0.6 is 0 Å². The standard InChI is InChI=1S/C17H19NO/c1-12(2)15-10-16(19)17-14(15)8-9-18(17)11-13-6-4-3-5-7-13/h3-9,12,15H,10-11H2,1-2H3/t15-/m1/s1. The lowest BCUT2D eigenvalue weighted by molar-refractivity contribution is 0.0976. The summed E-state index contributed by atoms with van der Waals surface area (Å²) < 4.78 is 2.11. The highest BCUT2D eigenvalue weighted by molar-refractivity contribution is 6.00. The van der Waals surface area contributed by atoms with Crippen LogP contribution in [0.1, 0.15) is 47.8 Å². The molecule has 0 aliphatic heterocycles. The molecule has 1 atom stereocenters. The van der Waals surface area contributed by atoms with Crippen molar-refractivity contribution in [2.24, 2.45) is 5.92 Å². The lowest BCUT2D eigenvalue weighted by Crippen LogP contribution is -2.06. The molecule has 0 amide bonds. The topological polar surface area (TPSA) is 22.0 Å². The normalized spacial score (nSPS) is 18.1. The molecule has 1 aromatic carbocycles. The molecule has 0 unspecified atom stereocenters. The van der Waals surface area contributed by atoms with Gasteiger partial charge >= 0.3 is 0 Å². The molecule has 2 heteroatoms. The summed E-state index contributed by atoms with van der Waals surface area (Å²) in [5, 5.41) is 0. The number of ketones is 1. The van der Waals surface area contributed by atoms with Crippen LogP contribution in [0.3, 0.4) is 0 Å². The molecule has 3 rings (SSSR count). The average Bonchev–Trinajstić information content (AvgIpc) is 2.93. The summed E-state index contributed by atoms with van der Waals surface area (Å²) in [7, 11) is 0. The van der Waals surface area contributed by atoms with E-state index in [1.165, 1.54) is 11.1 Å². The molecular weight excluding hydrogens is 234 g/mol. The number of aromatic nitrogens is 1. The zero-order chi connectivity index (χ0) is 13.4. The highest BCUT2D eigenvalue weighted by Crippen LogP contribution is 2.38. The summed E-state index contributed by atoms with van der Waals surface area (Å²) in [6, 6.07) is 12.4. The fourth-order valence-corrected chi connectivity index (χ4v) is 3.02. The summed E-state index contributed by atoms with van der Waals surface area (Å²) in [5.74, 6) is 1.23. The first-order chi connectivity index (χ1) is 9.16. The highest BCUT2D eigenvalue weighted by Gasteiger charge is 2.33. The molecule has 98 valence electrons. The summed E-state index contributed by atoms with van der Waals surface area (Å²) in [4.78, 5) is 12.2. The van der Waals surface area contributed by atoms with Gasteiger partial charge in [0.2, 0.25) is 0 Å². The van der Waals surface area contributed by atoms with Crippen LogP contribution in [0.25, 0.3) is 0 Å². The van der Waals surface area contributed by atoms with E-state index < -0.39 is 0 Å². The van der Waals surface area contributed by atoms with Crippen LogP contribution in [-0.4, -0.2) is 10.4 Å². The van der Waals surface area contributed by atoms with Crippen LogP contribution in [0, 0.1) is 5.92 Å². The van der Waals surface area contributed by atoms with E-state index in [1.54, 1.807) is 0 Å². The van der Waals surface area contributed by atoms with Gasteiger partial charge < -0.3 is 4.57 Å². The first-order valence-electron chi connectivity index (χ1n) is 6.93. The van der Waals surface area contributed by atoms with E-state index in [2.05, 4.69) is 42.8 Å². The second-order valence-electron chi connectivity index (χ2n) is 5.71. The van der Waals surface area contributed by atoms with Gasteiger partial charge in [0, 0.05) is 19.2 Å². The van der Waals surface area contributed by atoms with E-state index >= 15 is 0 Å². The van der Waals surface area contributed by atoms with Gasteiger partial charge in [0.05, 0.1) is 5.69 Å². The molecule has 0 saturated heterocycles. The van der Waals surface area contributed by atoms with Crippen molar-refractivity contribution in [2.45, 2.75) is 32.7 Å². The van der Waals surface area contributed by atoms with Gasteiger partial charge in [0.15, 0.2) is 5.78 Å². The molecule has 1 aliphatic carbocycles. The summed E-state index contributed by atoms with van der Waals surface area (Å²) >= 11 is 0. The Labute approximate surface area is 114 Å². The van der Waals surface area contributed by atoms with Gasteiger partial charge in [0.25, 0.3) is 0 Å². The van der Waals surface area contributed by atoms with E-state index in [-0.39, 0.29) is 0 Å². The molecule has 0 N–H and O–H groups in total. The molecule has 2 nitrogen and oxygen atoms in total. The Morgan fingerprint density at radius 3 is 2.63 bits per heavy atom. The molecule has 1 heterocycles. The van der Waals surface area contributed by atoms with Gasteiger partial charge in [-0.3, -0.25) is 4.79 Å². The van der Waals surface area contributed by atoms with Crippen LogP contribution in [0.2, 0.25) is 0 Å². The number of Topliss-reactive ketones (excluding diaryl/α,β-unsaturated/α-hetero) is 1. The van der Waals surface area contributed by atoms with Gasteiger partial charge in [-0.25, -0.2) is 0 Å². The van der Waals surface area contributed by atoms with Crippen molar-refractivity contribution in [1.29, 1.82) is 0 Å². The second-order valence-corrected chi connectivity index (χ2v) is 5.71. The predicted octanol–water partition coefficient (Wildman–Crippen LogP) is 3.86. The highest BCUT2D eigenvalue weighted by atomic mass is 16.1. The Hall–Kier alpha value is -1.83. The van der Waals surface area contributed by atoms with E-state index in [0.717, 1.165) is 12.2 Å². The molecule has 1 aromatic heterocycles. The minimum atomic E-state index is 0.301. The van der Waals surface area contributed by atoms with Crippen molar-refractivity contribution < 1.29 is 4.79 Å². The van der Waals surface area contributed by atoms with Crippen LogP contribution < -0.4 is 0 Å². The van der Waals surface area contributed by atoms with Crippen LogP contribution in [0.5, 0.6) is 0 Å². The largest absolute Gasteiger partial charge is 0.340 e. The maximum atomic E-state index is 12.2. The molecule has 0 fully saturated rings. The zero-order valence-electron chi connectivity index (χ0n) is 11.5. The van der Waals surface area contributed by atoms with Crippen molar-refractivity contribution in [3.05, 3.63) is 59.4 Å². The number of hydrogen-bond acceptors (Lipinski definition) is 1. The third-order valence-corrected chi connectivity index (χ3v) is 4.06. The van der Waals surface area contributed by atoms with Crippen molar-refractivity contribution in [3.63, 3.8) is 0 Å². The third kappa shape index (κ3) is 2.12. The van der Waals surface area contributed by atoms with Crippen molar-refractivity contribution >= 4 is 5.78 Å². The van der Waals surface area contributed by atoms with Crippen molar-refractivity contribution in [1.82, 2.24) is 4.57 Å². The van der Waals surface area contributed by atoms with Gasteiger partial charge in [-0.05, 0) is 29.0 Å². The molecule has 2 aromatic rings. The summed E-state index contributed by atoms with van der Waals surface area (Å²) in [6.45, 7) is 5.18. The second kappa shape index (κ2) is 4.69. The zero-order valence-corrected chi connectivity index (χ0v) is 11.5. The maximum absolute atomic E-state index is 12.2. The fourth-order valence-electron chi connectivity index (χ4n) is 3.02.